The maximum atomic E-state index is 12.7. The molecule has 0 amide bonds. The summed E-state index contributed by atoms with van der Waals surface area (Å²) in [6, 6.07) is 0. The van der Waals surface area contributed by atoms with Crippen molar-refractivity contribution < 1.29 is 35.9 Å². The lowest BCUT2D eigenvalue weighted by Crippen LogP contribution is -2.67. The van der Waals surface area contributed by atoms with E-state index in [9.17, 15) is 31.1 Å². The molecule has 12 heteroatoms. The van der Waals surface area contributed by atoms with Gasteiger partial charge in [-0.1, -0.05) is 53.0 Å². The third-order valence-electron chi connectivity index (χ3n) is 1.66. The minimum absolute atomic E-state index is 1.26. The Balaban J connectivity index is 6.12. The zero-order valence-electron chi connectivity index (χ0n) is 8.30. The number of alkyl halides is 9. The van der Waals surface area contributed by atoms with E-state index in [2.05, 4.69) is 11.3 Å². The van der Waals surface area contributed by atoms with Gasteiger partial charge in [0.25, 0.3) is 0 Å². The lowest BCUT2D eigenvalue weighted by Gasteiger charge is -2.40. The average molecular weight is 374 g/mol. The first-order chi connectivity index (χ1) is 8.08. The van der Waals surface area contributed by atoms with Crippen molar-refractivity contribution in [2.75, 3.05) is 0 Å². The number of hydrogen-bond donors (Lipinski definition) is 0. The Labute approximate surface area is 122 Å². The molecule has 0 aliphatic carbocycles. The van der Waals surface area contributed by atoms with E-state index >= 15 is 0 Å². The second-order valence-electron chi connectivity index (χ2n) is 2.97. The lowest BCUT2D eigenvalue weighted by molar-refractivity contribution is -0.367. The second kappa shape index (κ2) is 5.38. The smallest absolute Gasteiger partial charge is 0.431 e. The summed E-state index contributed by atoms with van der Waals surface area (Å²) in [5.41, 5.74) is -5.38. The molecule has 112 valence electrons. The number of rotatable bonds is 2. The molecule has 0 atom stereocenters. The van der Waals surface area contributed by atoms with E-state index in [4.69, 9.17) is 46.4 Å². The largest absolute Gasteiger partial charge is 0.442 e. The van der Waals surface area contributed by atoms with Gasteiger partial charge in [0.2, 0.25) is 3.79 Å². The highest BCUT2D eigenvalue weighted by molar-refractivity contribution is 6.68. The Morgan fingerprint density at radius 3 is 1.42 bits per heavy atom. The van der Waals surface area contributed by atoms with Crippen LogP contribution in [0.5, 0.6) is 0 Å². The average Bonchev–Trinajstić information content (AvgIpc) is 2.06. The van der Waals surface area contributed by atoms with E-state index in [1.54, 1.807) is 0 Å². The van der Waals surface area contributed by atoms with E-state index in [0.717, 1.165) is 0 Å². The molecule has 0 spiro atoms. The quantitative estimate of drug-likeness (QED) is 0.308. The summed E-state index contributed by atoms with van der Waals surface area (Å²) < 4.78 is 75.2. The van der Waals surface area contributed by atoms with Crippen LogP contribution in [-0.2, 0) is 9.53 Å². The minimum Gasteiger partial charge on any atom is -0.431 e. The van der Waals surface area contributed by atoms with Crippen LogP contribution in [0.15, 0.2) is 11.6 Å². The van der Waals surface area contributed by atoms with Crippen molar-refractivity contribution in [2.45, 2.75) is 21.7 Å². The number of carbonyl (C=O) groups is 1. The highest BCUT2D eigenvalue weighted by atomic mass is 35.6. The molecule has 0 unspecified atom stereocenters. The van der Waals surface area contributed by atoms with Crippen LogP contribution in [0.2, 0.25) is 0 Å². The van der Waals surface area contributed by atoms with Crippen LogP contribution in [-0.4, -0.2) is 27.7 Å². The monoisotopic (exact) mass is 372 g/mol. The summed E-state index contributed by atoms with van der Waals surface area (Å²) in [5, 5.41) is -1.26. The Kier molecular flexibility index (Phi) is 5.37. The molecule has 0 bridgehead atoms. The van der Waals surface area contributed by atoms with Crippen molar-refractivity contribution in [1.82, 2.24) is 0 Å². The van der Waals surface area contributed by atoms with Gasteiger partial charge in [0.05, 0.1) is 0 Å². The Morgan fingerprint density at radius 1 is 0.947 bits per heavy atom. The van der Waals surface area contributed by atoms with E-state index in [1.165, 1.54) is 0 Å². The van der Waals surface area contributed by atoms with Gasteiger partial charge < -0.3 is 4.74 Å². The number of hydrogen-bond acceptors (Lipinski definition) is 2. The minimum atomic E-state index is -6.27. The Bertz CT molecular complexity index is 346. The van der Waals surface area contributed by atoms with Crippen LogP contribution in [0.1, 0.15) is 0 Å². The van der Waals surface area contributed by atoms with Crippen molar-refractivity contribution in [1.29, 1.82) is 0 Å². The number of esters is 1. The summed E-state index contributed by atoms with van der Waals surface area (Å²) in [4.78, 5) is 10.9. The highest BCUT2D eigenvalue weighted by Gasteiger charge is 2.83. The molecule has 2 nitrogen and oxygen atoms in total. The normalized spacial score (nSPS) is 14.2. The molecule has 0 saturated carbocycles. The molecule has 19 heavy (non-hydrogen) atoms. The molecule has 0 aromatic rings. The molecule has 0 fully saturated rings. The number of ether oxygens (including phenoxy) is 1. The van der Waals surface area contributed by atoms with Gasteiger partial charge in [0.1, 0.15) is 5.03 Å². The molecule has 0 saturated heterocycles. The fraction of sp³-hybridized carbons (Fsp3) is 0.571. The van der Waals surface area contributed by atoms with Gasteiger partial charge >= 0.3 is 23.9 Å². The van der Waals surface area contributed by atoms with Crippen LogP contribution in [0.4, 0.5) is 26.3 Å². The molecule has 0 radical (unpaired) electrons. The Morgan fingerprint density at radius 2 is 1.26 bits per heavy atom. The lowest BCUT2D eigenvalue weighted by atomic mass is 10.0. The van der Waals surface area contributed by atoms with Crippen molar-refractivity contribution in [3.63, 3.8) is 0 Å². The fourth-order valence-corrected chi connectivity index (χ4v) is 1.65. The van der Waals surface area contributed by atoms with Gasteiger partial charge in [-0.2, -0.15) is 26.3 Å². The molecule has 0 aromatic heterocycles. The van der Waals surface area contributed by atoms with E-state index in [-0.39, 0.29) is 0 Å². The molecule has 0 aliphatic heterocycles. The Hall–Kier alpha value is -0.0500. The SMILES string of the molecule is C=C(Cl)C(=O)OC(C(F)(F)F)(C(F)(F)F)C(Cl)(Cl)Cl. The molecule has 0 aromatic carbocycles. The van der Waals surface area contributed by atoms with Crippen LogP contribution in [0, 0.1) is 0 Å². The third-order valence-corrected chi connectivity index (χ3v) is 2.62. The first-order valence-corrected chi connectivity index (χ1v) is 5.37. The van der Waals surface area contributed by atoms with Gasteiger partial charge in [-0.25, -0.2) is 4.79 Å². The summed E-state index contributed by atoms with van der Waals surface area (Å²) >= 11 is 19.0. The van der Waals surface area contributed by atoms with Crippen molar-refractivity contribution in [2.24, 2.45) is 0 Å². The van der Waals surface area contributed by atoms with Gasteiger partial charge in [-0.15, -0.1) is 0 Å². The molecular formula is C7H2Cl4F6O2. The molecule has 0 heterocycles. The maximum absolute atomic E-state index is 12.7. The first-order valence-electron chi connectivity index (χ1n) is 3.86. The van der Waals surface area contributed by atoms with Crippen LogP contribution in [0.25, 0.3) is 0 Å². The predicted octanol–water partition coefficient (Wildman–Crippen LogP) is 4.52. The summed E-state index contributed by atoms with van der Waals surface area (Å²) in [5.74, 6) is -2.23. The van der Waals surface area contributed by atoms with Crippen molar-refractivity contribution in [3.05, 3.63) is 11.6 Å². The maximum Gasteiger partial charge on any atom is 0.442 e. The summed E-state index contributed by atoms with van der Waals surface area (Å²) in [7, 11) is 0. The standard InChI is InChI=1S/C7H2Cl4F6O2/c1-2(8)3(18)19-4(5(9,10)11,6(12,13)14)7(15,16)17/h1H2. The van der Waals surface area contributed by atoms with Gasteiger partial charge in [0, 0.05) is 0 Å². The van der Waals surface area contributed by atoms with Crippen LogP contribution < -0.4 is 0 Å². The second-order valence-corrected chi connectivity index (χ2v) is 5.71. The van der Waals surface area contributed by atoms with E-state index < -0.39 is 32.7 Å². The molecule has 0 aliphatic rings. The molecule has 0 N–H and O–H groups in total. The van der Waals surface area contributed by atoms with Gasteiger partial charge in [0.15, 0.2) is 0 Å². The zero-order valence-corrected chi connectivity index (χ0v) is 11.3. The summed E-state index contributed by atoms with van der Waals surface area (Å²) in [6.07, 6.45) is -12.5. The third kappa shape index (κ3) is 3.53. The summed E-state index contributed by atoms with van der Waals surface area (Å²) in [6.45, 7) is 2.61. The van der Waals surface area contributed by atoms with Crippen molar-refractivity contribution in [3.8, 4) is 0 Å². The van der Waals surface area contributed by atoms with E-state index in [1.807, 2.05) is 0 Å². The molecule has 0 rings (SSSR count). The molecular weight excluding hydrogens is 372 g/mol. The highest BCUT2D eigenvalue weighted by Crippen LogP contribution is 2.58. The first kappa shape index (κ1) is 18.9. The van der Waals surface area contributed by atoms with Gasteiger partial charge in [-0.3, -0.25) is 0 Å². The van der Waals surface area contributed by atoms with Crippen LogP contribution in [0.3, 0.4) is 0 Å². The topological polar surface area (TPSA) is 26.3 Å². The fourth-order valence-electron chi connectivity index (χ4n) is 0.850. The number of halogens is 10. The number of carbonyl (C=O) groups excluding carboxylic acids is 1. The van der Waals surface area contributed by atoms with E-state index in [0.29, 0.717) is 0 Å². The van der Waals surface area contributed by atoms with Crippen molar-refractivity contribution >= 4 is 52.4 Å². The van der Waals surface area contributed by atoms with Gasteiger partial charge in [-0.05, 0) is 0 Å². The zero-order chi connectivity index (χ0) is 15.9. The van der Waals surface area contributed by atoms with Crippen LogP contribution >= 0.6 is 46.4 Å². The predicted molar refractivity (Wildman–Crippen MR) is 56.2 cm³/mol.